The predicted molar refractivity (Wildman–Crippen MR) is 93.0 cm³/mol. The second-order valence-corrected chi connectivity index (χ2v) is 7.87. The quantitative estimate of drug-likeness (QED) is 0.616. The Morgan fingerprint density at radius 1 is 1.23 bits per heavy atom. The van der Waals surface area contributed by atoms with Crippen LogP contribution in [-0.2, 0) is 14.8 Å². The van der Waals surface area contributed by atoms with E-state index in [1.807, 2.05) is 0 Å². The number of aromatic carboxylic acids is 1. The van der Waals surface area contributed by atoms with E-state index in [0.29, 0.717) is 24.1 Å². The normalized spacial score (nSPS) is 16.3. The second kappa shape index (κ2) is 5.94. The third-order valence-corrected chi connectivity index (χ3v) is 6.35. The van der Waals surface area contributed by atoms with Crippen LogP contribution < -0.4 is 5.56 Å². The van der Waals surface area contributed by atoms with E-state index in [-0.39, 0.29) is 34.5 Å². The van der Waals surface area contributed by atoms with Crippen molar-refractivity contribution in [3.8, 4) is 0 Å². The molecule has 0 radical (unpaired) electrons. The van der Waals surface area contributed by atoms with Crippen molar-refractivity contribution in [1.82, 2.24) is 14.3 Å². The van der Waals surface area contributed by atoms with E-state index in [1.54, 1.807) is 0 Å². The number of benzene rings is 1. The van der Waals surface area contributed by atoms with Gasteiger partial charge in [-0.2, -0.15) is 4.31 Å². The summed E-state index contributed by atoms with van der Waals surface area (Å²) < 4.78 is 32.2. The number of rotatable bonds is 3. The fraction of sp³-hybridized carbons (Fsp3) is 0.250. The zero-order valence-corrected chi connectivity index (χ0v) is 14.3. The smallest absolute Gasteiger partial charge is 0.337 e. The van der Waals surface area contributed by atoms with Gasteiger partial charge in [-0.15, -0.1) is 0 Å². The summed E-state index contributed by atoms with van der Waals surface area (Å²) in [6.45, 7) is 1.16. The highest BCUT2D eigenvalue weighted by molar-refractivity contribution is 7.89. The molecule has 10 heteroatoms. The number of H-pyrrole nitrogens is 2. The summed E-state index contributed by atoms with van der Waals surface area (Å²) in [5.41, 5.74) is -0.0952. The van der Waals surface area contributed by atoms with Gasteiger partial charge in [0.2, 0.25) is 10.0 Å². The lowest BCUT2D eigenvalue weighted by atomic mass is 10.1. The fourth-order valence-corrected chi connectivity index (χ4v) is 4.61. The van der Waals surface area contributed by atoms with Gasteiger partial charge < -0.3 is 19.8 Å². The van der Waals surface area contributed by atoms with Crippen LogP contribution in [0.3, 0.4) is 0 Å². The minimum atomic E-state index is -3.74. The number of morpholine rings is 1. The van der Waals surface area contributed by atoms with Crippen molar-refractivity contribution in [1.29, 1.82) is 0 Å². The molecule has 9 nitrogen and oxygen atoms in total. The van der Waals surface area contributed by atoms with Gasteiger partial charge in [-0.1, -0.05) is 0 Å². The molecular formula is C16H15N3O6S. The predicted octanol–water partition coefficient (Wildman–Crippen LogP) is 0.729. The van der Waals surface area contributed by atoms with E-state index < -0.39 is 21.6 Å². The average molecular weight is 377 g/mol. The Morgan fingerprint density at radius 2 is 1.96 bits per heavy atom. The van der Waals surface area contributed by atoms with Crippen molar-refractivity contribution in [2.75, 3.05) is 26.3 Å². The molecule has 1 aliphatic rings. The van der Waals surface area contributed by atoms with Crippen molar-refractivity contribution < 1.29 is 23.1 Å². The number of aromatic amines is 2. The number of fused-ring (bicyclic) bond motifs is 3. The first-order valence-electron chi connectivity index (χ1n) is 7.88. The van der Waals surface area contributed by atoms with Gasteiger partial charge in [0.1, 0.15) is 5.52 Å². The molecule has 2 aromatic heterocycles. The molecule has 1 fully saturated rings. The van der Waals surface area contributed by atoms with Gasteiger partial charge in [0.15, 0.2) is 0 Å². The SMILES string of the molecule is O=C(O)c1c[nH]c2c(=O)[nH]c3ccc(S(=O)(=O)N4CCOCC4)cc3c12. The molecule has 1 aromatic carbocycles. The molecule has 3 N–H and O–H groups in total. The lowest BCUT2D eigenvalue weighted by Gasteiger charge is -2.26. The zero-order valence-electron chi connectivity index (χ0n) is 13.5. The van der Waals surface area contributed by atoms with Gasteiger partial charge in [0, 0.05) is 35.6 Å². The molecule has 0 unspecified atom stereocenters. The molecule has 3 aromatic rings. The highest BCUT2D eigenvalue weighted by Gasteiger charge is 2.27. The minimum Gasteiger partial charge on any atom is -0.478 e. The summed E-state index contributed by atoms with van der Waals surface area (Å²) in [5, 5.41) is 9.93. The molecule has 1 saturated heterocycles. The molecular weight excluding hydrogens is 362 g/mol. The van der Waals surface area contributed by atoms with Gasteiger partial charge in [-0.3, -0.25) is 4.79 Å². The zero-order chi connectivity index (χ0) is 18.5. The Morgan fingerprint density at radius 3 is 2.65 bits per heavy atom. The van der Waals surface area contributed by atoms with Crippen molar-refractivity contribution in [2.24, 2.45) is 0 Å². The average Bonchev–Trinajstić information content (AvgIpc) is 3.08. The van der Waals surface area contributed by atoms with Crippen LogP contribution in [0, 0.1) is 0 Å². The number of carboxylic acids is 1. The van der Waals surface area contributed by atoms with Crippen LogP contribution in [-0.4, -0.2) is 60.1 Å². The highest BCUT2D eigenvalue weighted by Crippen LogP contribution is 2.28. The Bertz CT molecular complexity index is 1190. The lowest BCUT2D eigenvalue weighted by molar-refractivity contribution is 0.0699. The molecule has 136 valence electrons. The second-order valence-electron chi connectivity index (χ2n) is 5.94. The van der Waals surface area contributed by atoms with E-state index in [4.69, 9.17) is 4.74 Å². The number of carbonyl (C=O) groups is 1. The lowest BCUT2D eigenvalue weighted by Crippen LogP contribution is -2.40. The van der Waals surface area contributed by atoms with Crippen LogP contribution in [0.5, 0.6) is 0 Å². The van der Waals surface area contributed by atoms with Gasteiger partial charge >= 0.3 is 5.97 Å². The molecule has 1 aliphatic heterocycles. The maximum atomic E-state index is 12.9. The molecule has 0 saturated carbocycles. The fourth-order valence-electron chi connectivity index (χ4n) is 3.17. The number of pyridine rings is 1. The van der Waals surface area contributed by atoms with Crippen LogP contribution >= 0.6 is 0 Å². The van der Waals surface area contributed by atoms with E-state index in [0.717, 1.165) is 0 Å². The van der Waals surface area contributed by atoms with Gasteiger partial charge in [0.05, 0.1) is 23.7 Å². The summed E-state index contributed by atoms with van der Waals surface area (Å²) in [5.74, 6) is -1.20. The molecule has 0 spiro atoms. The van der Waals surface area contributed by atoms with Crippen molar-refractivity contribution in [2.45, 2.75) is 4.90 Å². The molecule has 0 atom stereocenters. The van der Waals surface area contributed by atoms with E-state index in [2.05, 4.69) is 9.97 Å². The van der Waals surface area contributed by atoms with Crippen LogP contribution in [0.25, 0.3) is 21.8 Å². The van der Waals surface area contributed by atoms with Crippen molar-refractivity contribution in [3.63, 3.8) is 0 Å². The van der Waals surface area contributed by atoms with Crippen molar-refractivity contribution >= 4 is 37.8 Å². The number of aromatic nitrogens is 2. The third kappa shape index (κ3) is 2.50. The molecule has 3 heterocycles. The summed E-state index contributed by atoms with van der Waals surface area (Å²) in [6, 6.07) is 4.28. The van der Waals surface area contributed by atoms with E-state index in [9.17, 15) is 23.1 Å². The summed E-state index contributed by atoms with van der Waals surface area (Å²) in [6.07, 6.45) is 1.23. The topological polar surface area (TPSA) is 133 Å². The molecule has 0 amide bonds. The molecule has 0 aliphatic carbocycles. The van der Waals surface area contributed by atoms with Crippen LogP contribution in [0.15, 0.2) is 34.1 Å². The number of carboxylic acid groups (broad SMARTS) is 1. The molecule has 4 rings (SSSR count). The number of ether oxygens (including phenoxy) is 1. The third-order valence-electron chi connectivity index (χ3n) is 4.45. The van der Waals surface area contributed by atoms with Crippen LogP contribution in [0.2, 0.25) is 0 Å². The summed E-state index contributed by atoms with van der Waals surface area (Å²) in [4.78, 5) is 29.0. The van der Waals surface area contributed by atoms with Gasteiger partial charge in [0.25, 0.3) is 5.56 Å². The number of sulfonamides is 1. The maximum Gasteiger partial charge on any atom is 0.337 e. The monoisotopic (exact) mass is 377 g/mol. The Kier molecular flexibility index (Phi) is 3.83. The number of hydrogen-bond acceptors (Lipinski definition) is 5. The first-order valence-corrected chi connectivity index (χ1v) is 9.32. The van der Waals surface area contributed by atoms with Gasteiger partial charge in [-0.05, 0) is 18.2 Å². The highest BCUT2D eigenvalue weighted by atomic mass is 32.2. The van der Waals surface area contributed by atoms with Crippen molar-refractivity contribution in [3.05, 3.63) is 40.3 Å². The largest absolute Gasteiger partial charge is 0.478 e. The summed E-state index contributed by atoms with van der Waals surface area (Å²) in [7, 11) is -3.74. The van der Waals surface area contributed by atoms with E-state index >= 15 is 0 Å². The standard InChI is InChI=1S/C16H15N3O6S/c20-15-14-13(11(8-17-14)16(21)22)10-7-9(1-2-12(10)18-15)26(23,24)19-3-5-25-6-4-19/h1-2,7-8,17H,3-6H2,(H,18,20)(H,21,22). The van der Waals surface area contributed by atoms with Gasteiger partial charge in [-0.25, -0.2) is 13.2 Å². The van der Waals surface area contributed by atoms with E-state index in [1.165, 1.54) is 28.7 Å². The first kappa shape index (κ1) is 16.8. The first-order chi connectivity index (χ1) is 12.4. The number of hydrogen-bond donors (Lipinski definition) is 3. The Hall–Kier alpha value is -2.69. The molecule has 0 bridgehead atoms. The molecule has 26 heavy (non-hydrogen) atoms. The van der Waals surface area contributed by atoms with Crippen LogP contribution in [0.1, 0.15) is 10.4 Å². The Balaban J connectivity index is 1.98. The maximum absolute atomic E-state index is 12.9. The minimum absolute atomic E-state index is 0.0396. The summed E-state index contributed by atoms with van der Waals surface area (Å²) >= 11 is 0. The number of nitrogens with zero attached hydrogens (tertiary/aromatic N) is 1. The van der Waals surface area contributed by atoms with Crippen LogP contribution in [0.4, 0.5) is 0 Å². The Labute approximate surface area is 147 Å². The number of nitrogens with one attached hydrogen (secondary N) is 2.